The van der Waals surface area contributed by atoms with Crippen molar-refractivity contribution in [2.24, 2.45) is 5.92 Å². The maximum absolute atomic E-state index is 11.9. The number of para-hydroxylation sites is 1. The van der Waals surface area contributed by atoms with Crippen LogP contribution in [-0.4, -0.2) is 32.7 Å². The van der Waals surface area contributed by atoms with E-state index in [-0.39, 0.29) is 28.2 Å². The number of nitrogens with one attached hydrogen (secondary N) is 1. The minimum absolute atomic E-state index is 0.0513. The summed E-state index contributed by atoms with van der Waals surface area (Å²) in [6.45, 7) is 2.00. The number of benzene rings is 2. The number of halogens is 1. The summed E-state index contributed by atoms with van der Waals surface area (Å²) in [5.41, 5.74) is 2.98. The number of nitro groups is 1. The molecular weight excluding hydrogens is 400 g/mol. The second-order valence-electron chi connectivity index (χ2n) is 7.30. The van der Waals surface area contributed by atoms with Gasteiger partial charge in [-0.1, -0.05) is 29.8 Å². The van der Waals surface area contributed by atoms with Gasteiger partial charge in [0.2, 0.25) is 0 Å². The molecule has 5 atom stereocenters. The van der Waals surface area contributed by atoms with Gasteiger partial charge in [0.1, 0.15) is 6.04 Å². The summed E-state index contributed by atoms with van der Waals surface area (Å²) in [4.78, 5) is 23.4. The van der Waals surface area contributed by atoms with Crippen molar-refractivity contribution in [3.63, 3.8) is 0 Å². The SMILES string of the molecule is Cc1ccc2c(c1)[C@@H]1[C@H](Cl)[C@H](Sc3ccccc3[N+](=O)[O-])C[C@@H]1[C@@H](C(=O)O)N2. The lowest BCUT2D eigenvalue weighted by Crippen LogP contribution is -2.42. The molecule has 0 amide bonds. The van der Waals surface area contributed by atoms with Gasteiger partial charge >= 0.3 is 5.97 Å². The van der Waals surface area contributed by atoms with Crippen LogP contribution in [0.4, 0.5) is 11.4 Å². The molecule has 1 fully saturated rings. The van der Waals surface area contributed by atoms with Crippen molar-refractivity contribution in [3.05, 3.63) is 63.7 Å². The molecule has 2 aromatic carbocycles. The van der Waals surface area contributed by atoms with Crippen LogP contribution in [0.3, 0.4) is 0 Å². The van der Waals surface area contributed by atoms with Crippen LogP contribution in [0.25, 0.3) is 0 Å². The van der Waals surface area contributed by atoms with E-state index in [0.717, 1.165) is 16.8 Å². The predicted octanol–water partition coefficient (Wildman–Crippen LogP) is 4.65. The lowest BCUT2D eigenvalue weighted by molar-refractivity contribution is -0.387. The smallest absolute Gasteiger partial charge is 0.326 e. The zero-order chi connectivity index (χ0) is 20.0. The van der Waals surface area contributed by atoms with E-state index in [1.54, 1.807) is 18.2 Å². The number of carbonyl (C=O) groups is 1. The van der Waals surface area contributed by atoms with Crippen molar-refractivity contribution in [2.45, 2.75) is 40.8 Å². The monoisotopic (exact) mass is 418 g/mol. The van der Waals surface area contributed by atoms with E-state index in [0.29, 0.717) is 11.3 Å². The van der Waals surface area contributed by atoms with Crippen LogP contribution in [0.15, 0.2) is 47.4 Å². The number of thioether (sulfide) groups is 1. The Labute approximate surface area is 171 Å². The molecule has 2 aliphatic rings. The topological polar surface area (TPSA) is 92.5 Å². The van der Waals surface area contributed by atoms with E-state index in [2.05, 4.69) is 11.4 Å². The van der Waals surface area contributed by atoms with Crippen molar-refractivity contribution in [3.8, 4) is 0 Å². The molecule has 146 valence electrons. The molecule has 0 bridgehead atoms. The minimum atomic E-state index is -0.901. The van der Waals surface area contributed by atoms with Gasteiger partial charge in [0.05, 0.1) is 15.2 Å². The van der Waals surface area contributed by atoms with Gasteiger partial charge in [0.25, 0.3) is 5.69 Å². The molecular formula is C20H19ClN2O4S. The zero-order valence-corrected chi connectivity index (χ0v) is 16.6. The standard InChI is InChI=1S/C20H19ClN2O4S/c1-10-6-7-13-11(8-10)17-12(19(22-13)20(24)25)9-16(18(17)21)28-15-5-3-2-4-14(15)23(26)27/h2-8,12,16-19,22H,9H2,1H3,(H,24,25)/t12-,16+,17-,18+,19-/m0/s1. The number of rotatable bonds is 4. The van der Waals surface area contributed by atoms with Crippen LogP contribution >= 0.6 is 23.4 Å². The van der Waals surface area contributed by atoms with Gasteiger partial charge in [-0.15, -0.1) is 23.4 Å². The van der Waals surface area contributed by atoms with E-state index in [4.69, 9.17) is 11.6 Å². The Bertz CT molecular complexity index is 954. The van der Waals surface area contributed by atoms with Crippen LogP contribution in [0.5, 0.6) is 0 Å². The number of carboxylic acids is 1. The predicted molar refractivity (Wildman–Crippen MR) is 109 cm³/mol. The summed E-state index contributed by atoms with van der Waals surface area (Å²) in [6.07, 6.45) is 0.576. The van der Waals surface area contributed by atoms with E-state index >= 15 is 0 Å². The molecule has 8 heteroatoms. The van der Waals surface area contributed by atoms with Gasteiger partial charge in [0, 0.05) is 22.9 Å². The summed E-state index contributed by atoms with van der Waals surface area (Å²) in [7, 11) is 0. The van der Waals surface area contributed by atoms with Crippen molar-refractivity contribution >= 4 is 40.7 Å². The fourth-order valence-corrected chi connectivity index (χ4v) is 6.29. The second kappa shape index (κ2) is 7.29. The lowest BCUT2D eigenvalue weighted by atomic mass is 9.79. The van der Waals surface area contributed by atoms with Crippen LogP contribution in [0.2, 0.25) is 0 Å². The highest BCUT2D eigenvalue weighted by Crippen LogP contribution is 2.55. The third-order valence-electron chi connectivity index (χ3n) is 5.58. The van der Waals surface area contributed by atoms with E-state index in [9.17, 15) is 20.0 Å². The van der Waals surface area contributed by atoms with Crippen LogP contribution in [0, 0.1) is 23.0 Å². The molecule has 0 aromatic heterocycles. The first-order valence-electron chi connectivity index (χ1n) is 9.01. The van der Waals surface area contributed by atoms with Gasteiger partial charge in [-0.05, 0) is 37.0 Å². The molecule has 0 saturated heterocycles. The number of nitrogens with zero attached hydrogens (tertiary/aromatic N) is 1. The summed E-state index contributed by atoms with van der Waals surface area (Å²) in [6, 6.07) is 11.8. The summed E-state index contributed by atoms with van der Waals surface area (Å²) >= 11 is 8.25. The van der Waals surface area contributed by atoms with Crippen molar-refractivity contribution in [2.75, 3.05) is 5.32 Å². The molecule has 0 unspecified atom stereocenters. The Hall–Kier alpha value is -2.25. The van der Waals surface area contributed by atoms with Crippen LogP contribution in [0.1, 0.15) is 23.5 Å². The normalized spacial score (nSPS) is 28.1. The molecule has 1 aliphatic heterocycles. The van der Waals surface area contributed by atoms with Crippen molar-refractivity contribution < 1.29 is 14.8 Å². The molecule has 1 aliphatic carbocycles. The van der Waals surface area contributed by atoms with Crippen LogP contribution < -0.4 is 5.32 Å². The number of aryl methyl sites for hydroxylation is 1. The average molecular weight is 419 g/mol. The maximum atomic E-state index is 11.9. The molecule has 2 N–H and O–H groups in total. The van der Waals surface area contributed by atoms with E-state index in [1.165, 1.54) is 17.8 Å². The number of aliphatic carboxylic acids is 1. The zero-order valence-electron chi connectivity index (χ0n) is 15.0. The fourth-order valence-electron chi connectivity index (χ4n) is 4.35. The highest BCUT2D eigenvalue weighted by Gasteiger charge is 2.52. The van der Waals surface area contributed by atoms with Gasteiger partial charge in [-0.2, -0.15) is 0 Å². The first-order chi connectivity index (χ1) is 13.4. The second-order valence-corrected chi connectivity index (χ2v) is 9.09. The number of fused-ring (bicyclic) bond motifs is 3. The molecule has 0 radical (unpaired) electrons. The first kappa shape index (κ1) is 19.1. The number of nitro benzene ring substituents is 1. The van der Waals surface area contributed by atoms with Gasteiger partial charge < -0.3 is 10.4 Å². The largest absolute Gasteiger partial charge is 0.480 e. The summed E-state index contributed by atoms with van der Waals surface area (Å²) in [5.74, 6) is -1.19. The average Bonchev–Trinajstić information content (AvgIpc) is 2.98. The highest BCUT2D eigenvalue weighted by molar-refractivity contribution is 8.00. The quantitative estimate of drug-likeness (QED) is 0.426. The number of hydrogen-bond acceptors (Lipinski definition) is 5. The molecule has 2 aromatic rings. The molecule has 0 spiro atoms. The highest BCUT2D eigenvalue weighted by atomic mass is 35.5. The van der Waals surface area contributed by atoms with Crippen molar-refractivity contribution in [1.82, 2.24) is 0 Å². The Balaban J connectivity index is 1.70. The van der Waals surface area contributed by atoms with Gasteiger partial charge in [0.15, 0.2) is 0 Å². The Morgan fingerprint density at radius 1 is 1.32 bits per heavy atom. The third-order valence-corrected chi connectivity index (χ3v) is 7.69. The first-order valence-corrected chi connectivity index (χ1v) is 10.3. The molecule has 1 heterocycles. The number of carboxylic acid groups (broad SMARTS) is 1. The third kappa shape index (κ3) is 3.22. The fraction of sp³-hybridized carbons (Fsp3) is 0.350. The van der Waals surface area contributed by atoms with Gasteiger partial charge in [-0.3, -0.25) is 10.1 Å². The number of alkyl halides is 1. The van der Waals surface area contributed by atoms with E-state index < -0.39 is 16.9 Å². The molecule has 1 saturated carbocycles. The lowest BCUT2D eigenvalue weighted by Gasteiger charge is -2.36. The van der Waals surface area contributed by atoms with E-state index in [1.807, 2.05) is 19.1 Å². The van der Waals surface area contributed by atoms with Crippen molar-refractivity contribution in [1.29, 1.82) is 0 Å². The van der Waals surface area contributed by atoms with Gasteiger partial charge in [-0.25, -0.2) is 4.79 Å². The number of hydrogen-bond donors (Lipinski definition) is 2. The maximum Gasteiger partial charge on any atom is 0.326 e. The molecule has 6 nitrogen and oxygen atoms in total. The Morgan fingerprint density at radius 2 is 2.07 bits per heavy atom. The van der Waals surface area contributed by atoms with Crippen LogP contribution in [-0.2, 0) is 4.79 Å². The Kier molecular flexibility index (Phi) is 4.97. The molecule has 4 rings (SSSR count). The summed E-state index contributed by atoms with van der Waals surface area (Å²) in [5, 5.41) is 23.8. The molecule has 28 heavy (non-hydrogen) atoms. The Morgan fingerprint density at radius 3 is 2.79 bits per heavy atom. The minimum Gasteiger partial charge on any atom is -0.480 e. The summed E-state index contributed by atoms with van der Waals surface area (Å²) < 4.78 is 0. The number of anilines is 1.